The lowest BCUT2D eigenvalue weighted by Crippen LogP contribution is -2.39. The van der Waals surface area contributed by atoms with E-state index in [1.807, 2.05) is 0 Å². The number of hydrogen-bond acceptors (Lipinski definition) is 3. The van der Waals surface area contributed by atoms with Crippen molar-refractivity contribution in [1.29, 1.82) is 0 Å². The van der Waals surface area contributed by atoms with Crippen molar-refractivity contribution >= 4 is 5.91 Å². The molecule has 1 fully saturated rings. The minimum Gasteiger partial charge on any atom is -0.434 e. The SMILES string of the molecule is Cc1cc(C(=O)N(C)C2CCC(CO)CC2)cc(C)c1OC(F)F. The van der Waals surface area contributed by atoms with E-state index in [1.54, 1.807) is 37.9 Å². The molecule has 0 spiro atoms. The van der Waals surface area contributed by atoms with Crippen LogP contribution in [-0.2, 0) is 0 Å². The van der Waals surface area contributed by atoms with E-state index in [4.69, 9.17) is 0 Å². The molecule has 1 aliphatic carbocycles. The molecule has 0 aromatic heterocycles. The van der Waals surface area contributed by atoms with Crippen molar-refractivity contribution in [3.05, 3.63) is 28.8 Å². The number of rotatable bonds is 5. The number of carbonyl (C=O) groups is 1. The normalized spacial score (nSPS) is 21.0. The van der Waals surface area contributed by atoms with Crippen LogP contribution in [0.25, 0.3) is 0 Å². The maximum Gasteiger partial charge on any atom is 0.387 e. The first-order valence-corrected chi connectivity index (χ1v) is 8.27. The van der Waals surface area contributed by atoms with Gasteiger partial charge in [0.2, 0.25) is 0 Å². The Morgan fingerprint density at radius 2 is 1.79 bits per heavy atom. The molecule has 1 amide bonds. The number of benzene rings is 1. The van der Waals surface area contributed by atoms with Crippen molar-refractivity contribution < 1.29 is 23.4 Å². The van der Waals surface area contributed by atoms with Crippen molar-refractivity contribution in [1.82, 2.24) is 4.90 Å². The third-order valence-corrected chi connectivity index (χ3v) is 4.86. The molecule has 6 heteroatoms. The number of aryl methyl sites for hydroxylation is 2. The number of ether oxygens (including phenoxy) is 1. The van der Waals surface area contributed by atoms with Gasteiger partial charge in [-0.25, -0.2) is 0 Å². The molecule has 4 nitrogen and oxygen atoms in total. The van der Waals surface area contributed by atoms with E-state index in [2.05, 4.69) is 4.74 Å². The Bertz CT molecular complexity index is 561. The third kappa shape index (κ3) is 4.23. The lowest BCUT2D eigenvalue weighted by Gasteiger charge is -2.34. The summed E-state index contributed by atoms with van der Waals surface area (Å²) in [5.74, 6) is 0.352. The molecule has 1 N–H and O–H groups in total. The van der Waals surface area contributed by atoms with E-state index in [1.165, 1.54) is 0 Å². The predicted octanol–water partition coefficient (Wildman–Crippen LogP) is 3.53. The first-order valence-electron chi connectivity index (χ1n) is 8.27. The zero-order valence-electron chi connectivity index (χ0n) is 14.4. The van der Waals surface area contributed by atoms with Crippen LogP contribution in [0, 0.1) is 19.8 Å². The minimum absolute atomic E-state index is 0.114. The van der Waals surface area contributed by atoms with Crippen LogP contribution in [0.2, 0.25) is 0 Å². The summed E-state index contributed by atoms with van der Waals surface area (Å²) in [7, 11) is 1.78. The molecule has 1 saturated carbocycles. The molecule has 1 aromatic carbocycles. The van der Waals surface area contributed by atoms with Crippen LogP contribution in [0.15, 0.2) is 12.1 Å². The molecule has 1 aromatic rings. The van der Waals surface area contributed by atoms with Gasteiger partial charge < -0.3 is 14.7 Å². The monoisotopic (exact) mass is 341 g/mol. The van der Waals surface area contributed by atoms with Crippen LogP contribution in [0.1, 0.15) is 47.2 Å². The Morgan fingerprint density at radius 1 is 1.25 bits per heavy atom. The van der Waals surface area contributed by atoms with Gasteiger partial charge in [-0.15, -0.1) is 0 Å². The van der Waals surface area contributed by atoms with Crippen molar-refractivity contribution in [3.8, 4) is 5.75 Å². The van der Waals surface area contributed by atoms with Gasteiger partial charge in [-0.3, -0.25) is 4.79 Å². The second-order valence-electron chi connectivity index (χ2n) is 6.59. The molecule has 0 unspecified atom stereocenters. The Morgan fingerprint density at radius 3 is 2.25 bits per heavy atom. The van der Waals surface area contributed by atoms with Gasteiger partial charge in [0, 0.05) is 25.3 Å². The molecular formula is C18H25F2NO3. The van der Waals surface area contributed by atoms with Crippen LogP contribution in [0.4, 0.5) is 8.78 Å². The smallest absolute Gasteiger partial charge is 0.387 e. The fourth-order valence-corrected chi connectivity index (χ4v) is 3.43. The molecule has 0 saturated heterocycles. The summed E-state index contributed by atoms with van der Waals surface area (Å²) in [6, 6.07) is 3.35. The summed E-state index contributed by atoms with van der Waals surface area (Å²) < 4.78 is 29.4. The average molecular weight is 341 g/mol. The number of hydrogen-bond donors (Lipinski definition) is 1. The number of aliphatic hydroxyl groups excluding tert-OH is 1. The van der Waals surface area contributed by atoms with Gasteiger partial charge in [-0.05, 0) is 68.7 Å². The van der Waals surface area contributed by atoms with Gasteiger partial charge in [0.25, 0.3) is 5.91 Å². The van der Waals surface area contributed by atoms with Crippen molar-refractivity contribution in [2.45, 2.75) is 52.2 Å². The van der Waals surface area contributed by atoms with E-state index < -0.39 is 6.61 Å². The van der Waals surface area contributed by atoms with Crippen LogP contribution < -0.4 is 4.74 Å². The number of aliphatic hydroxyl groups is 1. The molecule has 0 radical (unpaired) electrons. The van der Waals surface area contributed by atoms with E-state index in [0.29, 0.717) is 22.6 Å². The number of alkyl halides is 2. The standard InChI is InChI=1S/C18H25F2NO3/c1-11-8-14(9-12(2)16(11)24-18(19)20)17(23)21(3)15-6-4-13(10-22)5-7-15/h8-9,13,15,18,22H,4-7,10H2,1-3H3. The van der Waals surface area contributed by atoms with Crippen LogP contribution in [0.3, 0.4) is 0 Å². The van der Waals surface area contributed by atoms with Crippen LogP contribution in [0.5, 0.6) is 5.75 Å². The van der Waals surface area contributed by atoms with Gasteiger partial charge in [-0.2, -0.15) is 8.78 Å². The maximum absolute atomic E-state index is 12.7. The average Bonchev–Trinajstić information content (AvgIpc) is 2.56. The molecule has 0 atom stereocenters. The zero-order chi connectivity index (χ0) is 17.9. The van der Waals surface area contributed by atoms with Crippen molar-refractivity contribution in [2.75, 3.05) is 13.7 Å². The highest BCUT2D eigenvalue weighted by atomic mass is 19.3. The van der Waals surface area contributed by atoms with Gasteiger partial charge in [0.1, 0.15) is 5.75 Å². The molecule has 2 rings (SSSR count). The lowest BCUT2D eigenvalue weighted by atomic mass is 9.86. The zero-order valence-corrected chi connectivity index (χ0v) is 14.4. The Labute approximate surface area is 141 Å². The third-order valence-electron chi connectivity index (χ3n) is 4.86. The van der Waals surface area contributed by atoms with E-state index in [9.17, 15) is 18.7 Å². The number of carbonyl (C=O) groups excluding carboxylic acids is 1. The molecule has 1 aliphatic rings. The summed E-state index contributed by atoms with van der Waals surface area (Å²) in [5.41, 5.74) is 1.53. The van der Waals surface area contributed by atoms with Crippen molar-refractivity contribution in [2.24, 2.45) is 5.92 Å². The molecule has 24 heavy (non-hydrogen) atoms. The highest BCUT2D eigenvalue weighted by Crippen LogP contribution is 2.30. The summed E-state index contributed by atoms with van der Waals surface area (Å²) in [5, 5.41) is 9.21. The van der Waals surface area contributed by atoms with Crippen LogP contribution in [-0.4, -0.2) is 42.2 Å². The van der Waals surface area contributed by atoms with E-state index in [-0.39, 0.29) is 24.3 Å². The number of halogens is 2. The topological polar surface area (TPSA) is 49.8 Å². The highest BCUT2D eigenvalue weighted by molar-refractivity contribution is 5.95. The lowest BCUT2D eigenvalue weighted by molar-refractivity contribution is -0.0507. The molecule has 0 bridgehead atoms. The van der Waals surface area contributed by atoms with E-state index >= 15 is 0 Å². The second kappa shape index (κ2) is 7.92. The predicted molar refractivity (Wildman–Crippen MR) is 87.5 cm³/mol. The number of amides is 1. The van der Waals surface area contributed by atoms with Gasteiger partial charge in [0.15, 0.2) is 0 Å². The Hall–Kier alpha value is -1.69. The van der Waals surface area contributed by atoms with Gasteiger partial charge in [-0.1, -0.05) is 0 Å². The Kier molecular flexibility index (Phi) is 6.15. The fraction of sp³-hybridized carbons (Fsp3) is 0.611. The van der Waals surface area contributed by atoms with Crippen LogP contribution >= 0.6 is 0 Å². The quantitative estimate of drug-likeness (QED) is 0.891. The van der Waals surface area contributed by atoms with Gasteiger partial charge in [0.05, 0.1) is 0 Å². The summed E-state index contributed by atoms with van der Waals surface area (Å²) in [6.45, 7) is 0.643. The first kappa shape index (κ1) is 18.6. The molecule has 0 aliphatic heterocycles. The first-order chi connectivity index (χ1) is 11.3. The summed E-state index contributed by atoms with van der Waals surface area (Å²) in [4.78, 5) is 14.5. The molecular weight excluding hydrogens is 316 g/mol. The summed E-state index contributed by atoms with van der Waals surface area (Å²) >= 11 is 0. The van der Waals surface area contributed by atoms with E-state index in [0.717, 1.165) is 25.7 Å². The fourth-order valence-electron chi connectivity index (χ4n) is 3.43. The number of nitrogens with zero attached hydrogens (tertiary/aromatic N) is 1. The molecule has 134 valence electrons. The van der Waals surface area contributed by atoms with Gasteiger partial charge >= 0.3 is 6.61 Å². The second-order valence-corrected chi connectivity index (χ2v) is 6.59. The van der Waals surface area contributed by atoms with Crippen molar-refractivity contribution in [3.63, 3.8) is 0 Å². The summed E-state index contributed by atoms with van der Waals surface area (Å²) in [6.07, 6.45) is 3.58. The highest BCUT2D eigenvalue weighted by Gasteiger charge is 2.27. The Balaban J connectivity index is 2.12. The largest absolute Gasteiger partial charge is 0.434 e. The minimum atomic E-state index is -2.88. The molecule has 0 heterocycles. The maximum atomic E-state index is 12.7.